The molecule has 0 fully saturated rings. The Hall–Kier alpha value is -1.97. The molecular formula is C16H21N3O. The van der Waals surface area contributed by atoms with Crippen LogP contribution in [0.3, 0.4) is 0 Å². The molecule has 0 saturated carbocycles. The Labute approximate surface area is 120 Å². The van der Waals surface area contributed by atoms with Crippen LogP contribution in [0.25, 0.3) is 11.4 Å². The van der Waals surface area contributed by atoms with Crippen LogP contribution < -0.4 is 4.74 Å². The minimum Gasteiger partial charge on any atom is -0.481 e. The van der Waals surface area contributed by atoms with Crippen LogP contribution in [0.5, 0.6) is 5.88 Å². The normalized spacial score (nSPS) is 10.8. The summed E-state index contributed by atoms with van der Waals surface area (Å²) in [7, 11) is 1.63. The molecule has 0 aliphatic rings. The lowest BCUT2D eigenvalue weighted by atomic mass is 10.1. The number of methoxy groups -OCH3 is 1. The van der Waals surface area contributed by atoms with Crippen LogP contribution in [-0.4, -0.2) is 22.1 Å². The Morgan fingerprint density at radius 1 is 1.20 bits per heavy atom. The second kappa shape index (κ2) is 6.46. The van der Waals surface area contributed by atoms with E-state index >= 15 is 0 Å². The van der Waals surface area contributed by atoms with Gasteiger partial charge in [-0.05, 0) is 24.5 Å². The van der Waals surface area contributed by atoms with E-state index in [-0.39, 0.29) is 0 Å². The zero-order valence-electron chi connectivity index (χ0n) is 12.6. The number of hydrogen-bond acceptors (Lipinski definition) is 4. The van der Waals surface area contributed by atoms with Crippen molar-refractivity contribution in [2.45, 2.75) is 39.5 Å². The Morgan fingerprint density at radius 2 is 2.00 bits per heavy atom. The van der Waals surface area contributed by atoms with E-state index in [2.05, 4.69) is 41.8 Å². The number of aromatic nitrogens is 3. The summed E-state index contributed by atoms with van der Waals surface area (Å²) in [6.07, 6.45) is 3.79. The maximum atomic E-state index is 5.27. The third-order valence-electron chi connectivity index (χ3n) is 3.10. The molecule has 0 bridgehead atoms. The van der Waals surface area contributed by atoms with Gasteiger partial charge in [0.2, 0.25) is 5.88 Å². The smallest absolute Gasteiger partial charge is 0.216 e. The van der Waals surface area contributed by atoms with E-state index in [1.165, 1.54) is 0 Å². The van der Waals surface area contributed by atoms with Crippen LogP contribution >= 0.6 is 0 Å². The Bertz CT molecular complexity index is 582. The Morgan fingerprint density at radius 3 is 2.65 bits per heavy atom. The highest BCUT2D eigenvalue weighted by molar-refractivity contribution is 5.56. The van der Waals surface area contributed by atoms with Gasteiger partial charge >= 0.3 is 0 Å². The lowest BCUT2D eigenvalue weighted by molar-refractivity contribution is 0.396. The van der Waals surface area contributed by atoms with Crippen LogP contribution in [-0.2, 0) is 6.42 Å². The molecule has 0 aliphatic carbocycles. The topological polar surface area (TPSA) is 47.9 Å². The molecule has 106 valence electrons. The first-order valence-electron chi connectivity index (χ1n) is 7.02. The molecule has 20 heavy (non-hydrogen) atoms. The predicted octanol–water partition coefficient (Wildman–Crippen LogP) is 3.62. The number of rotatable bonds is 5. The molecule has 0 amide bonds. The summed E-state index contributed by atoms with van der Waals surface area (Å²) < 4.78 is 5.27. The van der Waals surface area contributed by atoms with Gasteiger partial charge in [0.05, 0.1) is 7.11 Å². The second-order valence-electron chi connectivity index (χ2n) is 5.10. The van der Waals surface area contributed by atoms with Crippen molar-refractivity contribution in [3.63, 3.8) is 0 Å². The lowest BCUT2D eigenvalue weighted by Crippen LogP contribution is -2.00. The molecule has 4 heteroatoms. The van der Waals surface area contributed by atoms with Gasteiger partial charge in [-0.2, -0.15) is 4.98 Å². The number of ether oxygens (including phenoxy) is 1. The fourth-order valence-electron chi connectivity index (χ4n) is 1.99. The quantitative estimate of drug-likeness (QED) is 0.833. The molecule has 0 unspecified atom stereocenters. The van der Waals surface area contributed by atoms with Crippen LogP contribution in [0, 0.1) is 0 Å². The summed E-state index contributed by atoms with van der Waals surface area (Å²) in [5.41, 5.74) is 3.04. The van der Waals surface area contributed by atoms with Crippen molar-refractivity contribution in [1.82, 2.24) is 15.0 Å². The average Bonchev–Trinajstić information content (AvgIpc) is 2.47. The average molecular weight is 271 g/mol. The summed E-state index contributed by atoms with van der Waals surface area (Å²) in [5.74, 6) is 1.70. The molecule has 2 aromatic rings. The van der Waals surface area contributed by atoms with E-state index in [1.807, 2.05) is 18.3 Å². The van der Waals surface area contributed by atoms with Crippen molar-refractivity contribution in [3.8, 4) is 17.3 Å². The minimum absolute atomic E-state index is 0.385. The van der Waals surface area contributed by atoms with Gasteiger partial charge in [0.1, 0.15) is 0 Å². The zero-order valence-corrected chi connectivity index (χ0v) is 12.6. The molecule has 2 heterocycles. The number of aryl methyl sites for hydroxylation is 1. The first kappa shape index (κ1) is 14.4. The molecule has 0 aromatic carbocycles. The summed E-state index contributed by atoms with van der Waals surface area (Å²) >= 11 is 0. The van der Waals surface area contributed by atoms with Gasteiger partial charge in [-0.1, -0.05) is 27.2 Å². The maximum absolute atomic E-state index is 5.27. The van der Waals surface area contributed by atoms with Crippen molar-refractivity contribution >= 4 is 0 Å². The van der Waals surface area contributed by atoms with Crippen LogP contribution in [0.15, 0.2) is 24.4 Å². The van der Waals surface area contributed by atoms with Crippen molar-refractivity contribution in [2.24, 2.45) is 0 Å². The Kier molecular flexibility index (Phi) is 4.66. The van der Waals surface area contributed by atoms with Crippen LogP contribution in [0.2, 0.25) is 0 Å². The van der Waals surface area contributed by atoms with Crippen molar-refractivity contribution in [1.29, 1.82) is 0 Å². The molecule has 0 aliphatic heterocycles. The first-order chi connectivity index (χ1) is 9.63. The third-order valence-corrected chi connectivity index (χ3v) is 3.10. The van der Waals surface area contributed by atoms with E-state index in [9.17, 15) is 0 Å². The van der Waals surface area contributed by atoms with Gasteiger partial charge in [-0.3, -0.25) is 4.98 Å². The van der Waals surface area contributed by atoms with Gasteiger partial charge in [-0.25, -0.2) is 4.98 Å². The van der Waals surface area contributed by atoms with Crippen molar-refractivity contribution < 1.29 is 4.74 Å². The fourth-order valence-corrected chi connectivity index (χ4v) is 1.99. The highest BCUT2D eigenvalue weighted by atomic mass is 16.5. The highest BCUT2D eigenvalue weighted by Crippen LogP contribution is 2.22. The monoisotopic (exact) mass is 271 g/mol. The minimum atomic E-state index is 0.385. The standard InChI is InChI=1S/C16H21N3O/c1-5-6-13-10-15(20-4)19-16(18-13)12-7-8-17-14(9-12)11(2)3/h7-11H,5-6H2,1-4H3. The van der Waals surface area contributed by atoms with Crippen LogP contribution in [0.1, 0.15) is 44.5 Å². The summed E-state index contributed by atoms with van der Waals surface area (Å²) in [5, 5.41) is 0. The van der Waals surface area contributed by atoms with Crippen molar-refractivity contribution in [3.05, 3.63) is 35.8 Å². The second-order valence-corrected chi connectivity index (χ2v) is 5.10. The highest BCUT2D eigenvalue weighted by Gasteiger charge is 2.09. The Balaban J connectivity index is 2.45. The summed E-state index contributed by atoms with van der Waals surface area (Å²) in [6, 6.07) is 5.89. The lowest BCUT2D eigenvalue weighted by Gasteiger charge is -2.09. The molecule has 0 N–H and O–H groups in total. The van der Waals surface area contributed by atoms with E-state index in [0.29, 0.717) is 17.6 Å². The number of pyridine rings is 1. The van der Waals surface area contributed by atoms with E-state index in [4.69, 9.17) is 4.74 Å². The van der Waals surface area contributed by atoms with Gasteiger partial charge < -0.3 is 4.74 Å². The van der Waals surface area contributed by atoms with E-state index in [0.717, 1.165) is 29.8 Å². The largest absolute Gasteiger partial charge is 0.481 e. The van der Waals surface area contributed by atoms with Gasteiger partial charge in [0.15, 0.2) is 5.82 Å². The SMILES string of the molecule is CCCc1cc(OC)nc(-c2ccnc(C(C)C)c2)n1. The predicted molar refractivity (Wildman–Crippen MR) is 79.9 cm³/mol. The number of hydrogen-bond donors (Lipinski definition) is 0. The van der Waals surface area contributed by atoms with Gasteiger partial charge in [0, 0.05) is 29.2 Å². The molecule has 2 aromatic heterocycles. The van der Waals surface area contributed by atoms with E-state index < -0.39 is 0 Å². The third kappa shape index (κ3) is 3.32. The zero-order chi connectivity index (χ0) is 14.5. The van der Waals surface area contributed by atoms with Crippen molar-refractivity contribution in [2.75, 3.05) is 7.11 Å². The van der Waals surface area contributed by atoms with E-state index in [1.54, 1.807) is 7.11 Å². The molecule has 0 atom stereocenters. The van der Waals surface area contributed by atoms with Gasteiger partial charge in [0.25, 0.3) is 0 Å². The summed E-state index contributed by atoms with van der Waals surface area (Å²) in [6.45, 7) is 6.39. The first-order valence-corrected chi connectivity index (χ1v) is 7.02. The molecule has 0 spiro atoms. The molecule has 4 nitrogen and oxygen atoms in total. The van der Waals surface area contributed by atoms with Gasteiger partial charge in [-0.15, -0.1) is 0 Å². The molecule has 2 rings (SSSR count). The fraction of sp³-hybridized carbons (Fsp3) is 0.438. The molecular weight excluding hydrogens is 250 g/mol. The molecule has 0 saturated heterocycles. The number of nitrogens with zero attached hydrogens (tertiary/aromatic N) is 3. The maximum Gasteiger partial charge on any atom is 0.216 e. The molecule has 0 radical (unpaired) electrons. The van der Waals surface area contributed by atoms with Crippen LogP contribution in [0.4, 0.5) is 0 Å². The summed E-state index contributed by atoms with van der Waals surface area (Å²) in [4.78, 5) is 13.4.